The third kappa shape index (κ3) is 2.42. The van der Waals surface area contributed by atoms with Crippen LogP contribution in [0.1, 0.15) is 19.7 Å². The van der Waals surface area contributed by atoms with Crippen molar-refractivity contribution in [3.8, 4) is 0 Å². The van der Waals surface area contributed by atoms with Gasteiger partial charge in [0.15, 0.2) is 0 Å². The molecule has 0 bridgehead atoms. The number of benzene rings is 1. The first-order valence-electron chi connectivity index (χ1n) is 5.01. The number of hydrogen-bond acceptors (Lipinski definition) is 2. The second-order valence-corrected chi connectivity index (χ2v) is 3.37. The highest BCUT2D eigenvalue weighted by Crippen LogP contribution is 2.19. The molecular formula is C11H17Cl2N3. The molecule has 0 fully saturated rings. The molecule has 1 aromatic heterocycles. The molecule has 0 amide bonds. The summed E-state index contributed by atoms with van der Waals surface area (Å²) >= 11 is 0. The largest absolute Gasteiger partial charge is 0.399 e. The first-order valence-corrected chi connectivity index (χ1v) is 5.01. The first-order chi connectivity index (χ1) is 6.76. The monoisotopic (exact) mass is 261 g/mol. The number of aromatic nitrogens is 2. The summed E-state index contributed by atoms with van der Waals surface area (Å²) in [7, 11) is 0. The number of fused-ring (bicyclic) bond motifs is 1. The van der Waals surface area contributed by atoms with Gasteiger partial charge < -0.3 is 10.3 Å². The zero-order valence-electron chi connectivity index (χ0n) is 9.43. The fraction of sp³-hybridized carbons (Fsp3) is 0.364. The fourth-order valence-corrected chi connectivity index (χ4v) is 1.82. The van der Waals surface area contributed by atoms with E-state index in [-0.39, 0.29) is 24.8 Å². The van der Waals surface area contributed by atoms with Crippen LogP contribution in [0.15, 0.2) is 18.2 Å². The Morgan fingerprint density at radius 2 is 1.94 bits per heavy atom. The third-order valence-corrected chi connectivity index (χ3v) is 2.48. The van der Waals surface area contributed by atoms with Gasteiger partial charge in [0.1, 0.15) is 5.82 Å². The Hall–Kier alpha value is -0.930. The summed E-state index contributed by atoms with van der Waals surface area (Å²) in [5.74, 6) is 1.13. The van der Waals surface area contributed by atoms with Crippen LogP contribution in [-0.2, 0) is 13.0 Å². The third-order valence-electron chi connectivity index (χ3n) is 2.48. The first kappa shape index (κ1) is 15.1. The minimum Gasteiger partial charge on any atom is -0.399 e. The average molecular weight is 262 g/mol. The Labute approximate surface area is 108 Å². The topological polar surface area (TPSA) is 43.8 Å². The maximum absolute atomic E-state index is 5.72. The summed E-state index contributed by atoms with van der Waals surface area (Å²) in [6, 6.07) is 5.90. The lowest BCUT2D eigenvalue weighted by Gasteiger charge is -2.02. The van der Waals surface area contributed by atoms with Crippen molar-refractivity contribution in [3.05, 3.63) is 24.0 Å². The van der Waals surface area contributed by atoms with Crippen LogP contribution in [0, 0.1) is 0 Å². The van der Waals surface area contributed by atoms with Crippen LogP contribution in [0.2, 0.25) is 0 Å². The molecule has 0 aliphatic rings. The lowest BCUT2D eigenvalue weighted by molar-refractivity contribution is 0.726. The lowest BCUT2D eigenvalue weighted by Crippen LogP contribution is -1.99. The molecular weight excluding hydrogens is 245 g/mol. The minimum absolute atomic E-state index is 0. The van der Waals surface area contributed by atoms with Gasteiger partial charge in [-0.3, -0.25) is 0 Å². The van der Waals surface area contributed by atoms with Crippen LogP contribution < -0.4 is 5.73 Å². The number of aryl methyl sites for hydroxylation is 2. The number of hydrogen-bond donors (Lipinski definition) is 1. The normalized spacial score (nSPS) is 9.62. The Bertz CT molecular complexity index is 465. The molecule has 1 heterocycles. The highest BCUT2D eigenvalue weighted by atomic mass is 35.5. The number of nitrogen functional groups attached to an aromatic ring is 1. The van der Waals surface area contributed by atoms with Crippen molar-refractivity contribution in [2.75, 3.05) is 5.73 Å². The predicted molar refractivity (Wildman–Crippen MR) is 73.7 cm³/mol. The zero-order valence-corrected chi connectivity index (χ0v) is 11.1. The molecule has 0 aliphatic heterocycles. The van der Waals surface area contributed by atoms with Crippen LogP contribution in [0.4, 0.5) is 5.69 Å². The summed E-state index contributed by atoms with van der Waals surface area (Å²) in [6.07, 6.45) is 0.961. The van der Waals surface area contributed by atoms with E-state index in [0.29, 0.717) is 0 Å². The van der Waals surface area contributed by atoms with Gasteiger partial charge in [0.2, 0.25) is 0 Å². The van der Waals surface area contributed by atoms with E-state index in [0.717, 1.165) is 30.0 Å². The van der Waals surface area contributed by atoms with E-state index >= 15 is 0 Å². The molecule has 0 spiro atoms. The lowest BCUT2D eigenvalue weighted by atomic mass is 10.3. The second-order valence-electron chi connectivity index (χ2n) is 3.37. The maximum Gasteiger partial charge on any atom is 0.109 e. The number of imidazole rings is 1. The predicted octanol–water partition coefficient (Wildman–Crippen LogP) is 3.04. The molecule has 0 saturated heterocycles. The van der Waals surface area contributed by atoms with Crippen molar-refractivity contribution in [1.29, 1.82) is 0 Å². The highest BCUT2D eigenvalue weighted by molar-refractivity contribution is 5.85. The summed E-state index contributed by atoms with van der Waals surface area (Å²) in [6.45, 7) is 5.22. The Morgan fingerprint density at radius 1 is 1.25 bits per heavy atom. The molecule has 16 heavy (non-hydrogen) atoms. The van der Waals surface area contributed by atoms with Gasteiger partial charge in [0.05, 0.1) is 11.0 Å². The summed E-state index contributed by atoms with van der Waals surface area (Å²) in [5.41, 5.74) is 8.68. The number of nitrogens with zero attached hydrogens (tertiary/aromatic N) is 2. The smallest absolute Gasteiger partial charge is 0.109 e. The molecule has 0 aliphatic carbocycles. The number of rotatable bonds is 2. The molecule has 3 nitrogen and oxygen atoms in total. The van der Waals surface area contributed by atoms with Crippen molar-refractivity contribution in [2.24, 2.45) is 0 Å². The van der Waals surface area contributed by atoms with Crippen molar-refractivity contribution in [2.45, 2.75) is 26.8 Å². The van der Waals surface area contributed by atoms with Crippen LogP contribution >= 0.6 is 24.8 Å². The Kier molecular flexibility index (Phi) is 5.62. The van der Waals surface area contributed by atoms with E-state index in [1.807, 2.05) is 18.2 Å². The molecule has 1 aromatic carbocycles. The van der Waals surface area contributed by atoms with E-state index in [1.54, 1.807) is 0 Å². The number of nitrogens with two attached hydrogens (primary N) is 1. The molecule has 90 valence electrons. The molecule has 5 heteroatoms. The Morgan fingerprint density at radius 3 is 2.50 bits per heavy atom. The van der Waals surface area contributed by atoms with E-state index in [4.69, 9.17) is 5.73 Å². The Balaban J connectivity index is 0.00000112. The van der Waals surface area contributed by atoms with Crippen molar-refractivity contribution < 1.29 is 0 Å². The van der Waals surface area contributed by atoms with Crippen LogP contribution in [0.3, 0.4) is 0 Å². The minimum atomic E-state index is 0. The second kappa shape index (κ2) is 5.97. The SMILES string of the molecule is CCc1nc2cc(N)ccc2n1CC.Cl.Cl. The van der Waals surface area contributed by atoms with Gasteiger partial charge in [-0.25, -0.2) is 4.98 Å². The van der Waals surface area contributed by atoms with E-state index in [9.17, 15) is 0 Å². The van der Waals surface area contributed by atoms with Crippen molar-refractivity contribution >= 4 is 41.5 Å². The fourth-order valence-electron chi connectivity index (χ4n) is 1.82. The molecule has 2 N–H and O–H groups in total. The number of anilines is 1. The van der Waals surface area contributed by atoms with Gasteiger partial charge in [-0.1, -0.05) is 6.92 Å². The molecule has 2 aromatic rings. The molecule has 0 atom stereocenters. The highest BCUT2D eigenvalue weighted by Gasteiger charge is 2.07. The molecule has 0 radical (unpaired) electrons. The standard InChI is InChI=1S/C11H15N3.2ClH/c1-3-11-13-9-7-8(12)5-6-10(9)14(11)4-2;;/h5-7H,3-4,12H2,1-2H3;2*1H. The molecule has 0 saturated carbocycles. The average Bonchev–Trinajstić information content (AvgIpc) is 2.54. The van der Waals surface area contributed by atoms with E-state index in [1.165, 1.54) is 5.52 Å². The van der Waals surface area contributed by atoms with Gasteiger partial charge in [0, 0.05) is 18.7 Å². The van der Waals surface area contributed by atoms with Gasteiger partial charge in [-0.15, -0.1) is 24.8 Å². The summed E-state index contributed by atoms with van der Waals surface area (Å²) < 4.78 is 2.23. The van der Waals surface area contributed by atoms with E-state index < -0.39 is 0 Å². The van der Waals surface area contributed by atoms with Crippen molar-refractivity contribution in [1.82, 2.24) is 9.55 Å². The molecule has 2 rings (SSSR count). The van der Waals surface area contributed by atoms with Crippen LogP contribution in [0.5, 0.6) is 0 Å². The van der Waals surface area contributed by atoms with E-state index in [2.05, 4.69) is 23.4 Å². The van der Waals surface area contributed by atoms with Gasteiger partial charge in [-0.05, 0) is 25.1 Å². The maximum atomic E-state index is 5.72. The summed E-state index contributed by atoms with van der Waals surface area (Å²) in [5, 5.41) is 0. The quantitative estimate of drug-likeness (QED) is 0.845. The van der Waals surface area contributed by atoms with Gasteiger partial charge >= 0.3 is 0 Å². The molecule has 0 unspecified atom stereocenters. The van der Waals surface area contributed by atoms with Crippen molar-refractivity contribution in [3.63, 3.8) is 0 Å². The van der Waals surface area contributed by atoms with Gasteiger partial charge in [-0.2, -0.15) is 0 Å². The van der Waals surface area contributed by atoms with Gasteiger partial charge in [0.25, 0.3) is 0 Å². The van der Waals surface area contributed by atoms with Crippen LogP contribution in [0.25, 0.3) is 11.0 Å². The van der Waals surface area contributed by atoms with Crippen LogP contribution in [-0.4, -0.2) is 9.55 Å². The zero-order chi connectivity index (χ0) is 10.1. The number of halogens is 2. The summed E-state index contributed by atoms with van der Waals surface area (Å²) in [4.78, 5) is 4.55.